The Morgan fingerprint density at radius 1 is 1.19 bits per heavy atom. The van der Waals surface area contributed by atoms with Gasteiger partial charge in [-0.15, -0.1) is 0 Å². The van der Waals surface area contributed by atoms with E-state index in [9.17, 15) is 4.39 Å². The molecule has 1 atom stereocenters. The van der Waals surface area contributed by atoms with Crippen LogP contribution in [0.15, 0.2) is 40.9 Å². The number of nitrogens with one attached hydrogen (secondary N) is 1. The van der Waals surface area contributed by atoms with Gasteiger partial charge in [0.25, 0.3) is 0 Å². The Morgan fingerprint density at radius 2 is 1.90 bits per heavy atom. The van der Waals surface area contributed by atoms with E-state index in [0.717, 1.165) is 22.9 Å². The maximum Gasteiger partial charge on any atom is 0.123 e. The largest absolute Gasteiger partial charge is 0.378 e. The van der Waals surface area contributed by atoms with E-state index in [4.69, 9.17) is 0 Å². The van der Waals surface area contributed by atoms with Crippen LogP contribution in [0, 0.1) is 5.82 Å². The third-order valence-electron chi connectivity index (χ3n) is 4.13. The van der Waals surface area contributed by atoms with E-state index in [-0.39, 0.29) is 11.9 Å². The second-order valence-corrected chi connectivity index (χ2v) is 6.89. The first kappa shape index (κ1) is 14.6. The summed E-state index contributed by atoms with van der Waals surface area (Å²) in [4.78, 5) is 0. The first-order valence-electron chi connectivity index (χ1n) is 7.39. The third-order valence-corrected chi connectivity index (χ3v) is 4.59. The molecule has 1 heterocycles. The lowest BCUT2D eigenvalue weighted by molar-refractivity contribution is 0.621. The standard InChI is InChI=1S/C18H19BrFN/c1-11(2)16-10-14(19)9-13-5-8-17(21-18(13)16)12-3-6-15(20)7-4-12/h3-4,6-7,9-11,17,21H,5,8H2,1-2H3. The number of aryl methyl sites for hydroxylation is 1. The van der Waals surface area contributed by atoms with Gasteiger partial charge in [0.05, 0.1) is 6.04 Å². The Kier molecular flexibility index (Phi) is 4.03. The molecular formula is C18H19BrFN. The molecule has 0 amide bonds. The van der Waals surface area contributed by atoms with Crippen LogP contribution in [-0.4, -0.2) is 0 Å². The molecule has 0 saturated carbocycles. The molecule has 110 valence electrons. The van der Waals surface area contributed by atoms with Crippen molar-refractivity contribution in [3.05, 3.63) is 63.4 Å². The molecule has 1 unspecified atom stereocenters. The highest BCUT2D eigenvalue weighted by atomic mass is 79.9. The summed E-state index contributed by atoms with van der Waals surface area (Å²) >= 11 is 3.61. The Hall–Kier alpha value is -1.35. The molecule has 0 bridgehead atoms. The van der Waals surface area contributed by atoms with Crippen LogP contribution in [-0.2, 0) is 6.42 Å². The maximum absolute atomic E-state index is 13.1. The van der Waals surface area contributed by atoms with Gasteiger partial charge in [-0.1, -0.05) is 41.9 Å². The molecule has 0 saturated heterocycles. The summed E-state index contributed by atoms with van der Waals surface area (Å²) in [5.74, 6) is 0.289. The molecule has 0 aromatic heterocycles. The zero-order chi connectivity index (χ0) is 15.0. The van der Waals surface area contributed by atoms with Crippen LogP contribution in [0.3, 0.4) is 0 Å². The van der Waals surface area contributed by atoms with Gasteiger partial charge in [-0.05, 0) is 59.7 Å². The van der Waals surface area contributed by atoms with Gasteiger partial charge in [-0.3, -0.25) is 0 Å². The van der Waals surface area contributed by atoms with E-state index in [1.54, 1.807) is 0 Å². The van der Waals surface area contributed by atoms with E-state index in [1.807, 2.05) is 12.1 Å². The van der Waals surface area contributed by atoms with Crippen LogP contribution >= 0.6 is 15.9 Å². The highest BCUT2D eigenvalue weighted by Crippen LogP contribution is 2.39. The molecule has 1 N–H and O–H groups in total. The van der Waals surface area contributed by atoms with E-state index in [1.165, 1.54) is 28.9 Å². The van der Waals surface area contributed by atoms with Crippen molar-refractivity contribution in [3.8, 4) is 0 Å². The smallest absolute Gasteiger partial charge is 0.123 e. The average molecular weight is 348 g/mol. The summed E-state index contributed by atoms with van der Waals surface area (Å²) in [5.41, 5.74) is 5.12. The van der Waals surface area contributed by atoms with Crippen molar-refractivity contribution >= 4 is 21.6 Å². The Bertz CT molecular complexity index is 649. The predicted octanol–water partition coefficient (Wildman–Crippen LogP) is 5.81. The molecule has 2 aromatic carbocycles. The Morgan fingerprint density at radius 3 is 2.57 bits per heavy atom. The van der Waals surface area contributed by atoms with E-state index in [2.05, 4.69) is 47.2 Å². The number of hydrogen-bond acceptors (Lipinski definition) is 1. The molecule has 0 radical (unpaired) electrons. The van der Waals surface area contributed by atoms with Gasteiger partial charge in [-0.2, -0.15) is 0 Å². The molecule has 1 aliphatic rings. The fraction of sp³-hybridized carbons (Fsp3) is 0.333. The Labute approximate surface area is 133 Å². The average Bonchev–Trinajstić information content (AvgIpc) is 2.46. The van der Waals surface area contributed by atoms with Crippen molar-refractivity contribution < 1.29 is 4.39 Å². The number of halogens is 2. The molecule has 3 heteroatoms. The van der Waals surface area contributed by atoms with Crippen LogP contribution < -0.4 is 5.32 Å². The zero-order valence-corrected chi connectivity index (χ0v) is 13.9. The van der Waals surface area contributed by atoms with Crippen LogP contribution in [0.5, 0.6) is 0 Å². The lowest BCUT2D eigenvalue weighted by atomic mass is 9.89. The number of fused-ring (bicyclic) bond motifs is 1. The monoisotopic (exact) mass is 347 g/mol. The fourth-order valence-corrected chi connectivity index (χ4v) is 3.53. The normalized spacial score (nSPS) is 17.5. The molecule has 21 heavy (non-hydrogen) atoms. The molecule has 0 fully saturated rings. The number of benzene rings is 2. The summed E-state index contributed by atoms with van der Waals surface area (Å²) in [6.45, 7) is 4.43. The molecule has 1 nitrogen and oxygen atoms in total. The number of rotatable bonds is 2. The second kappa shape index (κ2) is 5.80. The van der Waals surface area contributed by atoms with E-state index < -0.39 is 0 Å². The molecule has 0 spiro atoms. The topological polar surface area (TPSA) is 12.0 Å². The number of anilines is 1. The summed E-state index contributed by atoms with van der Waals surface area (Å²) in [5, 5.41) is 3.67. The highest BCUT2D eigenvalue weighted by Gasteiger charge is 2.23. The number of hydrogen-bond donors (Lipinski definition) is 1. The summed E-state index contributed by atoms with van der Waals surface area (Å²) in [6.07, 6.45) is 2.08. The second-order valence-electron chi connectivity index (χ2n) is 5.97. The van der Waals surface area contributed by atoms with Crippen LogP contribution in [0.4, 0.5) is 10.1 Å². The van der Waals surface area contributed by atoms with Gasteiger partial charge < -0.3 is 5.32 Å². The minimum absolute atomic E-state index is 0.179. The summed E-state index contributed by atoms with van der Waals surface area (Å²) in [6, 6.07) is 11.5. The fourth-order valence-electron chi connectivity index (χ4n) is 3.01. The lowest BCUT2D eigenvalue weighted by Gasteiger charge is -2.30. The first-order chi connectivity index (χ1) is 10.0. The van der Waals surface area contributed by atoms with Gasteiger partial charge in [0, 0.05) is 10.2 Å². The van der Waals surface area contributed by atoms with Crippen molar-refractivity contribution in [2.24, 2.45) is 0 Å². The van der Waals surface area contributed by atoms with E-state index >= 15 is 0 Å². The maximum atomic E-state index is 13.1. The highest BCUT2D eigenvalue weighted by molar-refractivity contribution is 9.10. The molecule has 1 aliphatic heterocycles. The van der Waals surface area contributed by atoms with Gasteiger partial charge >= 0.3 is 0 Å². The van der Waals surface area contributed by atoms with Crippen LogP contribution in [0.2, 0.25) is 0 Å². The minimum Gasteiger partial charge on any atom is -0.378 e. The van der Waals surface area contributed by atoms with Crippen LogP contribution in [0.25, 0.3) is 0 Å². The third kappa shape index (κ3) is 2.98. The van der Waals surface area contributed by atoms with Crippen molar-refractivity contribution in [2.75, 3.05) is 5.32 Å². The van der Waals surface area contributed by atoms with Crippen LogP contribution in [0.1, 0.15) is 48.9 Å². The lowest BCUT2D eigenvalue weighted by Crippen LogP contribution is -2.19. The van der Waals surface area contributed by atoms with Crippen molar-refractivity contribution in [1.82, 2.24) is 0 Å². The summed E-state index contributed by atoms with van der Waals surface area (Å²) < 4.78 is 14.2. The van der Waals surface area contributed by atoms with Gasteiger partial charge in [0.1, 0.15) is 5.82 Å². The quantitative estimate of drug-likeness (QED) is 0.722. The Balaban J connectivity index is 1.96. The molecule has 0 aliphatic carbocycles. The molecule has 3 rings (SSSR count). The van der Waals surface area contributed by atoms with Gasteiger partial charge in [-0.25, -0.2) is 4.39 Å². The van der Waals surface area contributed by atoms with E-state index in [0.29, 0.717) is 5.92 Å². The predicted molar refractivity (Wildman–Crippen MR) is 89.3 cm³/mol. The summed E-state index contributed by atoms with van der Waals surface area (Å²) in [7, 11) is 0. The van der Waals surface area contributed by atoms with Gasteiger partial charge in [0.15, 0.2) is 0 Å². The molecular weight excluding hydrogens is 329 g/mol. The van der Waals surface area contributed by atoms with Crippen molar-refractivity contribution in [1.29, 1.82) is 0 Å². The zero-order valence-electron chi connectivity index (χ0n) is 12.3. The minimum atomic E-state index is -0.179. The molecule has 2 aromatic rings. The van der Waals surface area contributed by atoms with Crippen molar-refractivity contribution in [3.63, 3.8) is 0 Å². The first-order valence-corrected chi connectivity index (χ1v) is 8.18. The van der Waals surface area contributed by atoms with Gasteiger partial charge in [0.2, 0.25) is 0 Å². The SMILES string of the molecule is CC(C)c1cc(Br)cc2c1NC(c1ccc(F)cc1)CC2. The van der Waals surface area contributed by atoms with Crippen molar-refractivity contribution in [2.45, 2.75) is 38.6 Å².